The lowest BCUT2D eigenvalue weighted by Crippen LogP contribution is -2.50. The molecule has 0 bridgehead atoms. The number of nitrogens with zero attached hydrogens (tertiary/aromatic N) is 9. The van der Waals surface area contributed by atoms with Crippen LogP contribution in [-0.2, 0) is 9.47 Å². The maximum Gasteiger partial charge on any atom is 0.410 e. The predicted molar refractivity (Wildman–Crippen MR) is 210 cm³/mol. The fourth-order valence-electron chi connectivity index (χ4n) is 5.13. The van der Waals surface area contributed by atoms with Crippen molar-refractivity contribution < 1.29 is 19.1 Å². The summed E-state index contributed by atoms with van der Waals surface area (Å²) in [5.74, 6) is 3.37. The highest BCUT2D eigenvalue weighted by Crippen LogP contribution is 2.22. The summed E-state index contributed by atoms with van der Waals surface area (Å²) in [5.41, 5.74) is 13.0. The van der Waals surface area contributed by atoms with E-state index in [2.05, 4.69) is 51.0 Å². The van der Waals surface area contributed by atoms with Crippen molar-refractivity contribution in [2.75, 3.05) is 73.6 Å². The third-order valence-corrected chi connectivity index (χ3v) is 8.28. The quantitative estimate of drug-likeness (QED) is 0.224. The molecule has 288 valence electrons. The Morgan fingerprint density at radius 3 is 1.58 bits per heavy atom. The number of nitrogens with one attached hydrogen (secondary N) is 1. The Labute approximate surface area is 319 Å². The van der Waals surface area contributed by atoms with Crippen molar-refractivity contribution in [3.05, 3.63) is 64.5 Å². The van der Waals surface area contributed by atoms with Crippen LogP contribution < -0.4 is 21.3 Å². The number of hydrogen-bond donors (Lipinski definition) is 3. The number of amides is 2. The number of hydrogen-bond acceptors (Lipinski definition) is 12. The Balaban J connectivity index is 0.000000202. The lowest BCUT2D eigenvalue weighted by molar-refractivity contribution is 0.0230. The van der Waals surface area contributed by atoms with Crippen molar-refractivity contribution in [2.45, 2.75) is 66.6 Å². The average molecular weight is 798 g/mol. The molecule has 4 aromatic heterocycles. The van der Waals surface area contributed by atoms with Crippen molar-refractivity contribution in [3.63, 3.8) is 0 Å². The Morgan fingerprint density at radius 2 is 1.19 bits per heavy atom. The minimum absolute atomic E-state index is 0.256. The van der Waals surface area contributed by atoms with Gasteiger partial charge in [-0.3, -0.25) is 5.10 Å². The van der Waals surface area contributed by atoms with Crippen LogP contribution in [0.2, 0.25) is 0 Å². The topological polar surface area (TPSA) is 190 Å². The molecule has 2 aliphatic rings. The number of aromatic nitrogens is 6. The van der Waals surface area contributed by atoms with Crippen LogP contribution in [-0.4, -0.2) is 115 Å². The monoisotopic (exact) mass is 796 g/mol. The van der Waals surface area contributed by atoms with Crippen molar-refractivity contribution >= 4 is 51.4 Å². The highest BCUT2D eigenvalue weighted by atomic mass is 79.9. The van der Waals surface area contributed by atoms with Gasteiger partial charge >= 0.3 is 12.2 Å². The number of pyridine rings is 2. The summed E-state index contributed by atoms with van der Waals surface area (Å²) in [6, 6.07) is 11.4. The van der Waals surface area contributed by atoms with E-state index < -0.39 is 11.2 Å². The second-order valence-corrected chi connectivity index (χ2v) is 15.6. The summed E-state index contributed by atoms with van der Waals surface area (Å²) in [4.78, 5) is 40.1. The molecule has 4 aromatic rings. The van der Waals surface area contributed by atoms with Crippen LogP contribution in [0.1, 0.15) is 52.7 Å². The number of nitrogens with two attached hydrogens (primary N) is 2. The standard InChI is InChI=1S/C18H26N6O2.C12H21N5O2.C6H6BrN/c1-13-5-6-15(20-12-13)24-14(19)11-16(21-24)22-7-9-23(10-8-22)17(25)26-18(2,3)4;1-12(2,3)19-11(18)17-6-4-16(5-7-17)10-8-9(13)14-15-10;1-5-2-3-6(7)8-4-5/h5-6,11-12H,7-10,19H2,1-4H3;8H,4-7H2,1-3H3,(H3,13,14,15);2-4H,1H3. The smallest absolute Gasteiger partial charge is 0.410 e. The van der Waals surface area contributed by atoms with Gasteiger partial charge < -0.3 is 40.5 Å². The van der Waals surface area contributed by atoms with Crippen molar-refractivity contribution in [1.82, 2.24) is 39.7 Å². The molecule has 16 nitrogen and oxygen atoms in total. The van der Waals surface area contributed by atoms with E-state index in [1.807, 2.05) is 91.9 Å². The third kappa shape index (κ3) is 12.8. The largest absolute Gasteiger partial charge is 0.444 e. The number of nitrogen functional groups attached to an aromatic ring is 2. The van der Waals surface area contributed by atoms with E-state index >= 15 is 0 Å². The molecule has 2 amide bonds. The van der Waals surface area contributed by atoms with E-state index in [0.717, 1.165) is 34.9 Å². The van der Waals surface area contributed by atoms with E-state index in [4.69, 9.17) is 20.9 Å². The van der Waals surface area contributed by atoms with Gasteiger partial charge in [0.2, 0.25) is 0 Å². The molecule has 0 spiro atoms. The first kappa shape index (κ1) is 40.7. The lowest BCUT2D eigenvalue weighted by atomic mass is 10.2. The molecule has 2 saturated heterocycles. The van der Waals surface area contributed by atoms with Gasteiger partial charge in [-0.05, 0) is 94.6 Å². The Bertz CT molecular complexity index is 1740. The molecule has 5 N–H and O–H groups in total. The highest BCUT2D eigenvalue weighted by Gasteiger charge is 2.28. The van der Waals surface area contributed by atoms with Crippen molar-refractivity contribution in [2.24, 2.45) is 0 Å². The number of aryl methyl sites for hydroxylation is 2. The SMILES string of the molecule is CC(C)(C)OC(=O)N1CCN(c2cc(N)[nH]n2)CC1.Cc1ccc(-n2nc(N3CCN(C(=O)OC(C)(C)C)CC3)cc2N)nc1.Cc1ccc(Br)nc1. The fourth-order valence-corrected chi connectivity index (χ4v) is 5.37. The molecule has 0 radical (unpaired) electrons. The van der Waals surface area contributed by atoms with Gasteiger partial charge in [-0.1, -0.05) is 12.1 Å². The highest BCUT2D eigenvalue weighted by molar-refractivity contribution is 9.10. The number of piperazine rings is 2. The number of aromatic amines is 1. The van der Waals surface area contributed by atoms with Gasteiger partial charge in [0.05, 0.1) is 0 Å². The van der Waals surface area contributed by atoms with E-state index in [1.165, 1.54) is 5.56 Å². The maximum absolute atomic E-state index is 12.2. The molecule has 2 fully saturated rings. The summed E-state index contributed by atoms with van der Waals surface area (Å²) in [5, 5.41) is 11.4. The number of halogens is 1. The molecular formula is C36H53BrN12O4. The summed E-state index contributed by atoms with van der Waals surface area (Å²) in [6.45, 7) is 20.5. The number of anilines is 4. The molecule has 0 aromatic carbocycles. The summed E-state index contributed by atoms with van der Waals surface area (Å²) in [6.07, 6.45) is 3.08. The Kier molecular flexibility index (Phi) is 13.5. The number of carbonyl (C=O) groups is 2. The van der Waals surface area contributed by atoms with Gasteiger partial charge in [0, 0.05) is 76.9 Å². The molecule has 6 heterocycles. The van der Waals surface area contributed by atoms with Crippen molar-refractivity contribution in [1.29, 1.82) is 0 Å². The minimum atomic E-state index is -0.484. The molecule has 0 atom stereocenters. The summed E-state index contributed by atoms with van der Waals surface area (Å²) >= 11 is 3.23. The average Bonchev–Trinajstić information content (AvgIpc) is 3.71. The number of rotatable bonds is 3. The van der Waals surface area contributed by atoms with Crippen LogP contribution in [0.4, 0.5) is 32.9 Å². The van der Waals surface area contributed by atoms with Crippen LogP contribution in [0.15, 0.2) is 53.4 Å². The second kappa shape index (κ2) is 17.6. The minimum Gasteiger partial charge on any atom is -0.444 e. The summed E-state index contributed by atoms with van der Waals surface area (Å²) < 4.78 is 13.3. The molecule has 2 aliphatic heterocycles. The van der Waals surface area contributed by atoms with Gasteiger partial charge in [-0.15, -0.1) is 5.10 Å². The lowest BCUT2D eigenvalue weighted by Gasteiger charge is -2.35. The fraction of sp³-hybridized carbons (Fsp3) is 0.500. The first-order chi connectivity index (χ1) is 24.9. The molecular weight excluding hydrogens is 744 g/mol. The number of H-pyrrole nitrogens is 1. The Hall–Kier alpha value is -5.06. The maximum atomic E-state index is 12.2. The molecule has 0 aliphatic carbocycles. The zero-order valence-corrected chi connectivity index (χ0v) is 33.6. The van der Waals surface area contributed by atoms with Crippen LogP contribution in [0, 0.1) is 13.8 Å². The predicted octanol–water partition coefficient (Wildman–Crippen LogP) is 5.42. The first-order valence-corrected chi connectivity index (χ1v) is 18.3. The summed E-state index contributed by atoms with van der Waals surface area (Å²) in [7, 11) is 0. The van der Waals surface area contributed by atoms with E-state index in [9.17, 15) is 9.59 Å². The van der Waals surface area contributed by atoms with Gasteiger partial charge in [-0.2, -0.15) is 9.78 Å². The number of ether oxygens (including phenoxy) is 2. The van der Waals surface area contributed by atoms with E-state index in [1.54, 1.807) is 26.7 Å². The van der Waals surface area contributed by atoms with Crippen molar-refractivity contribution in [3.8, 4) is 5.82 Å². The van der Waals surface area contributed by atoms with Crippen LogP contribution in [0.3, 0.4) is 0 Å². The van der Waals surface area contributed by atoms with Gasteiger partial charge in [0.25, 0.3) is 0 Å². The van der Waals surface area contributed by atoms with Crippen LogP contribution in [0.5, 0.6) is 0 Å². The molecule has 6 rings (SSSR count). The van der Waals surface area contributed by atoms with E-state index in [-0.39, 0.29) is 12.2 Å². The second-order valence-electron chi connectivity index (χ2n) is 14.8. The van der Waals surface area contributed by atoms with E-state index in [0.29, 0.717) is 56.7 Å². The number of carbonyl (C=O) groups excluding carboxylic acids is 2. The molecule has 17 heteroatoms. The van der Waals surface area contributed by atoms with Gasteiger partial charge in [0.1, 0.15) is 27.4 Å². The van der Waals surface area contributed by atoms with Crippen LogP contribution in [0.25, 0.3) is 5.82 Å². The normalized spacial score (nSPS) is 14.8. The molecule has 0 unspecified atom stereocenters. The third-order valence-electron chi connectivity index (χ3n) is 7.81. The zero-order valence-electron chi connectivity index (χ0n) is 32.0. The molecule has 53 heavy (non-hydrogen) atoms. The molecule has 0 saturated carbocycles. The first-order valence-electron chi connectivity index (χ1n) is 17.5. The van der Waals surface area contributed by atoms with Crippen LogP contribution >= 0.6 is 15.9 Å². The zero-order chi connectivity index (χ0) is 38.9. The van der Waals surface area contributed by atoms with Gasteiger partial charge in [-0.25, -0.2) is 19.6 Å². The Morgan fingerprint density at radius 1 is 0.698 bits per heavy atom. The van der Waals surface area contributed by atoms with Gasteiger partial charge in [0.15, 0.2) is 17.5 Å².